The van der Waals surface area contributed by atoms with Gasteiger partial charge in [-0.2, -0.15) is 13.2 Å². The minimum absolute atomic E-state index is 0.0416. The van der Waals surface area contributed by atoms with Crippen molar-refractivity contribution in [1.82, 2.24) is 15.2 Å². The Morgan fingerprint density at radius 3 is 2.62 bits per heavy atom. The van der Waals surface area contributed by atoms with Crippen LogP contribution >= 0.6 is 11.6 Å². The Morgan fingerprint density at radius 1 is 1.38 bits per heavy atom. The number of hydrogen-bond acceptors (Lipinski definition) is 4. The molecular weight excluding hydrogens is 345 g/mol. The molecule has 1 amide bonds. The molecular formula is C15H18ClF3N4O. The second-order valence-electron chi connectivity index (χ2n) is 6.21. The van der Waals surface area contributed by atoms with Gasteiger partial charge in [-0.25, -0.2) is 4.98 Å². The van der Waals surface area contributed by atoms with E-state index >= 15 is 0 Å². The lowest BCUT2D eigenvalue weighted by Crippen LogP contribution is -2.32. The van der Waals surface area contributed by atoms with E-state index in [4.69, 9.17) is 11.6 Å². The summed E-state index contributed by atoms with van der Waals surface area (Å²) >= 11 is 5.82. The van der Waals surface area contributed by atoms with Gasteiger partial charge in [0.2, 0.25) is 5.91 Å². The van der Waals surface area contributed by atoms with Crippen LogP contribution in [0, 0.1) is 11.8 Å². The molecule has 24 heavy (non-hydrogen) atoms. The number of fused-ring (bicyclic) bond motifs is 1. The zero-order valence-electron chi connectivity index (χ0n) is 12.9. The SMILES string of the molecule is O=C(CCNc1ncc(C(F)(F)F)cc1Cl)N1C[C@H]2CNC[C@H]2C1. The topological polar surface area (TPSA) is 57.3 Å². The normalized spacial score (nSPS) is 23.4. The first kappa shape index (κ1) is 17.3. The Bertz CT molecular complexity index is 613. The zero-order chi connectivity index (χ0) is 17.3. The Hall–Kier alpha value is -1.54. The highest BCUT2D eigenvalue weighted by molar-refractivity contribution is 6.32. The molecule has 2 aliphatic heterocycles. The van der Waals surface area contributed by atoms with Crippen molar-refractivity contribution in [3.05, 3.63) is 22.8 Å². The molecule has 0 bridgehead atoms. The maximum absolute atomic E-state index is 12.6. The van der Waals surface area contributed by atoms with E-state index < -0.39 is 11.7 Å². The molecule has 2 fully saturated rings. The molecule has 0 radical (unpaired) electrons. The van der Waals surface area contributed by atoms with Crippen LogP contribution in [0.3, 0.4) is 0 Å². The highest BCUT2D eigenvalue weighted by atomic mass is 35.5. The van der Waals surface area contributed by atoms with E-state index in [-0.39, 0.29) is 29.7 Å². The van der Waals surface area contributed by atoms with E-state index in [0.717, 1.165) is 38.4 Å². The molecule has 2 N–H and O–H groups in total. The summed E-state index contributed by atoms with van der Waals surface area (Å²) in [5.74, 6) is 1.26. The predicted molar refractivity (Wildman–Crippen MR) is 83.8 cm³/mol. The molecule has 2 aliphatic rings. The lowest BCUT2D eigenvalue weighted by atomic mass is 10.0. The van der Waals surface area contributed by atoms with Crippen LogP contribution in [-0.2, 0) is 11.0 Å². The van der Waals surface area contributed by atoms with Crippen molar-refractivity contribution in [3.8, 4) is 0 Å². The summed E-state index contributed by atoms with van der Waals surface area (Å²) in [5.41, 5.74) is -0.897. The number of alkyl halides is 3. The summed E-state index contributed by atoms with van der Waals surface area (Å²) in [6.07, 6.45) is -3.50. The quantitative estimate of drug-likeness (QED) is 0.862. The number of carbonyl (C=O) groups is 1. The van der Waals surface area contributed by atoms with Gasteiger partial charge in [0, 0.05) is 45.3 Å². The summed E-state index contributed by atoms with van der Waals surface area (Å²) in [5, 5.41) is 6.03. The van der Waals surface area contributed by atoms with Crippen molar-refractivity contribution in [2.24, 2.45) is 11.8 Å². The number of nitrogens with zero attached hydrogens (tertiary/aromatic N) is 2. The van der Waals surface area contributed by atoms with Gasteiger partial charge >= 0.3 is 6.18 Å². The van der Waals surface area contributed by atoms with E-state index in [1.165, 1.54) is 0 Å². The van der Waals surface area contributed by atoms with Gasteiger partial charge in [-0.1, -0.05) is 11.6 Å². The summed E-state index contributed by atoms with van der Waals surface area (Å²) < 4.78 is 37.7. The number of amides is 1. The first-order chi connectivity index (χ1) is 11.3. The molecule has 5 nitrogen and oxygen atoms in total. The van der Waals surface area contributed by atoms with Crippen molar-refractivity contribution in [2.45, 2.75) is 12.6 Å². The number of anilines is 1. The Kier molecular flexibility index (Phi) is 4.87. The average molecular weight is 363 g/mol. The zero-order valence-corrected chi connectivity index (χ0v) is 13.6. The van der Waals surface area contributed by atoms with Crippen molar-refractivity contribution in [2.75, 3.05) is 38.0 Å². The molecule has 0 aliphatic carbocycles. The van der Waals surface area contributed by atoms with Crippen molar-refractivity contribution < 1.29 is 18.0 Å². The maximum Gasteiger partial charge on any atom is 0.417 e. The highest BCUT2D eigenvalue weighted by Crippen LogP contribution is 2.32. The van der Waals surface area contributed by atoms with E-state index in [9.17, 15) is 18.0 Å². The van der Waals surface area contributed by atoms with Gasteiger partial charge in [0.15, 0.2) is 0 Å². The number of nitrogens with one attached hydrogen (secondary N) is 2. The molecule has 2 atom stereocenters. The molecule has 0 saturated carbocycles. The van der Waals surface area contributed by atoms with Crippen LogP contribution in [-0.4, -0.2) is 48.5 Å². The molecule has 0 unspecified atom stereocenters. The van der Waals surface area contributed by atoms with Crippen LogP contribution in [0.1, 0.15) is 12.0 Å². The second-order valence-corrected chi connectivity index (χ2v) is 6.61. The summed E-state index contributed by atoms with van der Waals surface area (Å²) in [6.45, 7) is 3.74. The standard InChI is InChI=1S/C15H18ClF3N4O/c16-12-3-11(15(17,18)19)6-22-14(12)21-2-1-13(24)23-7-9-4-20-5-10(9)8-23/h3,6,9-10,20H,1-2,4-5,7-8H2,(H,21,22)/t9-,10+. The minimum Gasteiger partial charge on any atom is -0.368 e. The molecule has 3 rings (SSSR count). The number of pyridine rings is 1. The molecule has 1 aromatic rings. The van der Waals surface area contributed by atoms with Crippen molar-refractivity contribution in [1.29, 1.82) is 0 Å². The van der Waals surface area contributed by atoms with Crippen molar-refractivity contribution >= 4 is 23.3 Å². The van der Waals surface area contributed by atoms with Crippen LogP contribution in [0.4, 0.5) is 19.0 Å². The van der Waals surface area contributed by atoms with Gasteiger partial charge in [0.25, 0.3) is 0 Å². The van der Waals surface area contributed by atoms with Gasteiger partial charge in [-0.05, 0) is 17.9 Å². The highest BCUT2D eigenvalue weighted by Gasteiger charge is 2.37. The largest absolute Gasteiger partial charge is 0.417 e. The van der Waals surface area contributed by atoms with Crippen molar-refractivity contribution in [3.63, 3.8) is 0 Å². The Labute approximate surface area is 142 Å². The van der Waals surface area contributed by atoms with Crippen LogP contribution < -0.4 is 10.6 Å². The van der Waals surface area contributed by atoms with Crippen LogP contribution in [0.25, 0.3) is 0 Å². The summed E-state index contributed by atoms with van der Waals surface area (Å²) in [7, 11) is 0. The Balaban J connectivity index is 1.49. The van der Waals surface area contributed by atoms with Gasteiger partial charge in [-0.15, -0.1) is 0 Å². The minimum atomic E-state index is -4.48. The third-order valence-corrected chi connectivity index (χ3v) is 4.83. The third-order valence-electron chi connectivity index (χ3n) is 4.54. The fourth-order valence-electron chi connectivity index (χ4n) is 3.23. The lowest BCUT2D eigenvalue weighted by Gasteiger charge is -2.18. The van der Waals surface area contributed by atoms with E-state index in [1.807, 2.05) is 4.90 Å². The van der Waals surface area contributed by atoms with Crippen LogP contribution in [0.15, 0.2) is 12.3 Å². The van der Waals surface area contributed by atoms with E-state index in [2.05, 4.69) is 15.6 Å². The molecule has 9 heteroatoms. The van der Waals surface area contributed by atoms with E-state index in [1.54, 1.807) is 0 Å². The molecule has 2 saturated heterocycles. The number of hydrogen-bond donors (Lipinski definition) is 2. The first-order valence-corrected chi connectivity index (χ1v) is 8.17. The molecule has 132 valence electrons. The van der Waals surface area contributed by atoms with Gasteiger partial charge in [0.05, 0.1) is 10.6 Å². The number of aromatic nitrogens is 1. The lowest BCUT2D eigenvalue weighted by molar-refractivity contribution is -0.137. The number of carbonyl (C=O) groups excluding carboxylic acids is 1. The summed E-state index contributed by atoms with van der Waals surface area (Å²) in [4.78, 5) is 17.8. The number of likely N-dealkylation sites (tertiary alicyclic amines) is 1. The van der Waals surface area contributed by atoms with Gasteiger partial charge < -0.3 is 15.5 Å². The van der Waals surface area contributed by atoms with E-state index in [0.29, 0.717) is 11.8 Å². The maximum atomic E-state index is 12.6. The van der Waals surface area contributed by atoms with Gasteiger partial charge in [0.1, 0.15) is 5.82 Å². The number of halogens is 4. The first-order valence-electron chi connectivity index (χ1n) is 7.79. The van der Waals surface area contributed by atoms with Gasteiger partial charge in [-0.3, -0.25) is 4.79 Å². The molecule has 1 aromatic heterocycles. The Morgan fingerprint density at radius 2 is 2.04 bits per heavy atom. The molecule has 0 aromatic carbocycles. The smallest absolute Gasteiger partial charge is 0.368 e. The van der Waals surface area contributed by atoms with Crippen LogP contribution in [0.2, 0.25) is 5.02 Å². The summed E-state index contributed by atoms with van der Waals surface area (Å²) in [6, 6.07) is 0.827. The molecule has 3 heterocycles. The molecule has 0 spiro atoms. The fourth-order valence-corrected chi connectivity index (χ4v) is 3.46. The predicted octanol–water partition coefficient (Wildman–Crippen LogP) is 2.23. The number of rotatable bonds is 4. The monoisotopic (exact) mass is 362 g/mol. The second kappa shape index (κ2) is 6.76. The van der Waals surface area contributed by atoms with Crippen LogP contribution in [0.5, 0.6) is 0 Å². The third kappa shape index (κ3) is 3.75. The fraction of sp³-hybridized carbons (Fsp3) is 0.600. The average Bonchev–Trinajstić information content (AvgIpc) is 3.09.